The highest BCUT2D eigenvalue weighted by Gasteiger charge is 2.26. The van der Waals surface area contributed by atoms with Crippen LogP contribution < -0.4 is 0 Å². The van der Waals surface area contributed by atoms with Crippen molar-refractivity contribution in [3.63, 3.8) is 0 Å². The van der Waals surface area contributed by atoms with Gasteiger partial charge in [-0.2, -0.15) is 5.10 Å². The maximum absolute atomic E-state index is 11.7. The van der Waals surface area contributed by atoms with Crippen molar-refractivity contribution in [3.05, 3.63) is 17.5 Å². The number of likely N-dealkylation sites (N-methyl/N-ethyl adjacent to an activating group) is 1. The molecule has 0 saturated heterocycles. The molecule has 1 unspecified atom stereocenters. The van der Waals surface area contributed by atoms with E-state index in [4.69, 9.17) is 4.84 Å². The molecular formula is C15H23N5O3. The highest BCUT2D eigenvalue weighted by atomic mass is 16.6. The SMILES string of the molecule is CCCN(C=O)C(C)c1cnn(C)c1CC1=NOCC(=O)N1C. The number of carbonyl (C=O) groups excluding carboxylic acids is 2. The monoisotopic (exact) mass is 321 g/mol. The van der Waals surface area contributed by atoms with E-state index >= 15 is 0 Å². The van der Waals surface area contributed by atoms with E-state index in [1.807, 2.05) is 20.9 Å². The fourth-order valence-corrected chi connectivity index (χ4v) is 2.58. The zero-order valence-corrected chi connectivity index (χ0v) is 14.0. The minimum absolute atomic E-state index is 0.0376. The molecule has 0 spiro atoms. The molecule has 23 heavy (non-hydrogen) atoms. The number of rotatable bonds is 7. The minimum atomic E-state index is -0.132. The second-order valence-corrected chi connectivity index (χ2v) is 5.60. The predicted molar refractivity (Wildman–Crippen MR) is 84.5 cm³/mol. The summed E-state index contributed by atoms with van der Waals surface area (Å²) in [5.41, 5.74) is 1.85. The number of amidine groups is 1. The molecule has 1 aliphatic heterocycles. The number of aryl methyl sites for hydroxylation is 1. The highest BCUT2D eigenvalue weighted by Crippen LogP contribution is 2.24. The van der Waals surface area contributed by atoms with Gasteiger partial charge in [-0.25, -0.2) is 0 Å². The minimum Gasteiger partial charge on any atom is -0.384 e. The first-order chi connectivity index (χ1) is 11.0. The molecule has 0 N–H and O–H groups in total. The summed E-state index contributed by atoms with van der Waals surface area (Å²) >= 11 is 0. The van der Waals surface area contributed by atoms with Crippen molar-refractivity contribution in [1.82, 2.24) is 19.6 Å². The first kappa shape index (κ1) is 17.0. The standard InChI is InChI=1S/C15H23N5O3/c1-5-6-20(10-21)11(2)12-8-16-19(4)13(12)7-14-17-23-9-15(22)18(14)3/h8,10-11H,5-7,9H2,1-4H3. The van der Waals surface area contributed by atoms with Gasteiger partial charge in [-0.3, -0.25) is 19.2 Å². The van der Waals surface area contributed by atoms with Gasteiger partial charge in [-0.15, -0.1) is 0 Å². The lowest BCUT2D eigenvalue weighted by molar-refractivity contribution is -0.133. The van der Waals surface area contributed by atoms with Crippen LogP contribution in [0, 0.1) is 0 Å². The molecule has 0 fully saturated rings. The molecule has 2 heterocycles. The summed E-state index contributed by atoms with van der Waals surface area (Å²) in [5, 5.41) is 8.27. The summed E-state index contributed by atoms with van der Waals surface area (Å²) in [6.45, 7) is 4.65. The Balaban J connectivity index is 2.26. The van der Waals surface area contributed by atoms with Crippen LogP contribution >= 0.6 is 0 Å². The second-order valence-electron chi connectivity index (χ2n) is 5.60. The summed E-state index contributed by atoms with van der Waals surface area (Å²) in [5.74, 6) is 0.402. The summed E-state index contributed by atoms with van der Waals surface area (Å²) < 4.78 is 1.75. The maximum atomic E-state index is 11.7. The zero-order valence-electron chi connectivity index (χ0n) is 14.0. The molecule has 0 saturated carbocycles. The lowest BCUT2D eigenvalue weighted by Crippen LogP contribution is -2.40. The van der Waals surface area contributed by atoms with Crippen LogP contribution in [-0.2, 0) is 27.9 Å². The topological polar surface area (TPSA) is 80.0 Å². The van der Waals surface area contributed by atoms with Gasteiger partial charge in [-0.1, -0.05) is 12.1 Å². The van der Waals surface area contributed by atoms with Gasteiger partial charge >= 0.3 is 0 Å². The Morgan fingerprint density at radius 1 is 1.48 bits per heavy atom. The third-order valence-corrected chi connectivity index (χ3v) is 4.10. The van der Waals surface area contributed by atoms with Crippen LogP contribution in [0.5, 0.6) is 0 Å². The van der Waals surface area contributed by atoms with Crippen LogP contribution in [-0.4, -0.2) is 57.9 Å². The van der Waals surface area contributed by atoms with Gasteiger partial charge in [0.2, 0.25) is 6.41 Å². The maximum Gasteiger partial charge on any atom is 0.268 e. The third kappa shape index (κ3) is 3.52. The molecular weight excluding hydrogens is 298 g/mol. The van der Waals surface area contributed by atoms with Crippen LogP contribution in [0.25, 0.3) is 0 Å². The van der Waals surface area contributed by atoms with Gasteiger partial charge in [0.1, 0.15) is 0 Å². The van der Waals surface area contributed by atoms with Crippen molar-refractivity contribution < 1.29 is 14.4 Å². The molecule has 8 heteroatoms. The van der Waals surface area contributed by atoms with Gasteiger partial charge in [0.05, 0.1) is 24.4 Å². The normalized spacial score (nSPS) is 15.9. The van der Waals surface area contributed by atoms with Crippen molar-refractivity contribution in [2.75, 3.05) is 20.2 Å². The Morgan fingerprint density at radius 3 is 2.87 bits per heavy atom. The fraction of sp³-hybridized carbons (Fsp3) is 0.600. The molecule has 1 aromatic rings. The van der Waals surface area contributed by atoms with Gasteiger partial charge in [0.15, 0.2) is 12.4 Å². The number of hydrogen-bond donors (Lipinski definition) is 0. The first-order valence-electron chi connectivity index (χ1n) is 7.66. The molecule has 1 atom stereocenters. The lowest BCUT2D eigenvalue weighted by atomic mass is 10.1. The number of hydrogen-bond acceptors (Lipinski definition) is 5. The lowest BCUT2D eigenvalue weighted by Gasteiger charge is -2.26. The first-order valence-corrected chi connectivity index (χ1v) is 7.66. The average Bonchev–Trinajstić information content (AvgIpc) is 2.90. The predicted octanol–water partition coefficient (Wildman–Crippen LogP) is 0.694. The van der Waals surface area contributed by atoms with Gasteiger partial charge in [0.25, 0.3) is 5.91 Å². The van der Waals surface area contributed by atoms with Gasteiger partial charge < -0.3 is 9.74 Å². The summed E-state index contributed by atoms with van der Waals surface area (Å²) in [7, 11) is 3.51. The molecule has 0 bridgehead atoms. The Morgan fingerprint density at radius 2 is 2.22 bits per heavy atom. The van der Waals surface area contributed by atoms with Crippen LogP contribution in [0.4, 0.5) is 0 Å². The molecule has 0 aromatic carbocycles. The van der Waals surface area contributed by atoms with Crippen molar-refractivity contribution in [3.8, 4) is 0 Å². The van der Waals surface area contributed by atoms with Crippen LogP contribution in [0.15, 0.2) is 11.4 Å². The number of carbonyl (C=O) groups is 2. The molecule has 126 valence electrons. The zero-order chi connectivity index (χ0) is 17.0. The van der Waals surface area contributed by atoms with Crippen molar-refractivity contribution in [1.29, 1.82) is 0 Å². The Labute approximate surface area is 135 Å². The van der Waals surface area contributed by atoms with Crippen LogP contribution in [0.2, 0.25) is 0 Å². The third-order valence-electron chi connectivity index (χ3n) is 4.10. The molecule has 1 aliphatic rings. The van der Waals surface area contributed by atoms with E-state index in [2.05, 4.69) is 10.3 Å². The van der Waals surface area contributed by atoms with E-state index in [0.29, 0.717) is 18.8 Å². The van der Waals surface area contributed by atoms with Crippen LogP contribution in [0.1, 0.15) is 37.6 Å². The quantitative estimate of drug-likeness (QED) is 0.692. The van der Waals surface area contributed by atoms with Crippen molar-refractivity contribution in [2.45, 2.75) is 32.7 Å². The van der Waals surface area contributed by atoms with E-state index in [0.717, 1.165) is 24.1 Å². The number of aromatic nitrogens is 2. The number of nitrogens with zero attached hydrogens (tertiary/aromatic N) is 5. The number of oxime groups is 1. The summed E-state index contributed by atoms with van der Waals surface area (Å²) in [4.78, 5) is 31.2. The van der Waals surface area contributed by atoms with E-state index in [1.54, 1.807) is 22.8 Å². The molecule has 1 aromatic heterocycles. The van der Waals surface area contributed by atoms with Gasteiger partial charge in [-0.05, 0) is 13.3 Å². The van der Waals surface area contributed by atoms with E-state index in [-0.39, 0.29) is 18.6 Å². The smallest absolute Gasteiger partial charge is 0.268 e. The molecule has 0 radical (unpaired) electrons. The Bertz CT molecular complexity index is 610. The van der Waals surface area contributed by atoms with E-state index < -0.39 is 0 Å². The highest BCUT2D eigenvalue weighted by molar-refractivity contribution is 6.00. The summed E-state index contributed by atoms with van der Waals surface area (Å²) in [6, 6.07) is -0.0951. The fourth-order valence-electron chi connectivity index (χ4n) is 2.58. The second kappa shape index (κ2) is 7.26. The Kier molecular flexibility index (Phi) is 5.36. The molecule has 0 aliphatic carbocycles. The largest absolute Gasteiger partial charge is 0.384 e. The summed E-state index contributed by atoms with van der Waals surface area (Å²) in [6.07, 6.45) is 3.92. The van der Waals surface area contributed by atoms with E-state index in [1.165, 1.54) is 4.90 Å². The molecule has 2 rings (SSSR count). The van der Waals surface area contributed by atoms with Crippen LogP contribution in [0.3, 0.4) is 0 Å². The van der Waals surface area contributed by atoms with E-state index in [9.17, 15) is 9.59 Å². The molecule has 8 nitrogen and oxygen atoms in total. The van der Waals surface area contributed by atoms with Gasteiger partial charge in [0, 0.05) is 26.2 Å². The van der Waals surface area contributed by atoms with Crippen molar-refractivity contribution in [2.24, 2.45) is 12.2 Å². The molecule has 2 amide bonds. The Hall–Kier alpha value is -2.38. The van der Waals surface area contributed by atoms with Crippen molar-refractivity contribution >= 4 is 18.2 Å². The average molecular weight is 321 g/mol. The number of amides is 2.